The lowest BCUT2D eigenvalue weighted by Crippen LogP contribution is -2.49. The summed E-state index contributed by atoms with van der Waals surface area (Å²) in [6.07, 6.45) is -14.3. The van der Waals surface area contributed by atoms with Crippen molar-refractivity contribution in [1.29, 1.82) is 0 Å². The van der Waals surface area contributed by atoms with E-state index in [1.165, 1.54) is 25.3 Å². The Morgan fingerprint density at radius 1 is 0.942 bits per heavy atom. The minimum Gasteiger partial charge on any atom is -0.495 e. The molecule has 0 fully saturated rings. The fraction of sp³-hybridized carbons (Fsp3) is 0.333. The van der Waals surface area contributed by atoms with E-state index in [1.807, 2.05) is 0 Å². The number of carbonyl (C=O) groups is 2. The topological polar surface area (TPSA) is 73.9 Å². The highest BCUT2D eigenvalue weighted by molar-refractivity contribution is 5.95. The van der Waals surface area contributed by atoms with Crippen LogP contribution in [0.1, 0.15) is 52.7 Å². The van der Waals surface area contributed by atoms with Crippen molar-refractivity contribution in [1.82, 2.24) is 5.32 Å². The number of hydrogen-bond donors (Lipinski definition) is 1. The van der Waals surface area contributed by atoms with E-state index in [4.69, 9.17) is 4.74 Å². The Morgan fingerprint density at radius 3 is 2.31 bits per heavy atom. The molecule has 0 radical (unpaired) electrons. The van der Waals surface area contributed by atoms with E-state index < -0.39 is 89.2 Å². The summed E-state index contributed by atoms with van der Waals surface area (Å²) >= 11 is 0. The van der Waals surface area contributed by atoms with Gasteiger partial charge in [-0.25, -0.2) is 13.2 Å². The molecule has 1 amide bonds. The highest BCUT2D eigenvalue weighted by atomic mass is 19.4. The van der Waals surface area contributed by atoms with Gasteiger partial charge in [-0.15, -0.1) is 0 Å². The number of amides is 1. The molecular formula is C36H31F10NO5. The SMILES string of the molecule is COC(=O)CCCCOC1=CC([C@@](Cc2ccccc2)(NC(=O)c2ccc(F)c(C(F)(F)F)c2)c2cc(F)cc(OC(F)(F)C(F)F)c2)=CCC1F. The highest BCUT2D eigenvalue weighted by Crippen LogP contribution is 2.41. The van der Waals surface area contributed by atoms with Crippen LogP contribution in [-0.4, -0.2) is 44.3 Å². The zero-order valence-corrected chi connectivity index (χ0v) is 27.2. The summed E-state index contributed by atoms with van der Waals surface area (Å²) in [6, 6.07) is 11.0. The van der Waals surface area contributed by atoms with Gasteiger partial charge in [-0.2, -0.15) is 30.7 Å². The lowest BCUT2D eigenvalue weighted by atomic mass is 9.75. The Bertz CT molecular complexity index is 1800. The maximum atomic E-state index is 15.3. The summed E-state index contributed by atoms with van der Waals surface area (Å²) < 4.78 is 154. The second kappa shape index (κ2) is 16.5. The third kappa shape index (κ3) is 9.85. The molecule has 0 bridgehead atoms. The fourth-order valence-corrected chi connectivity index (χ4v) is 5.42. The number of ether oxygens (including phenoxy) is 3. The highest BCUT2D eigenvalue weighted by Gasteiger charge is 2.45. The first-order valence-corrected chi connectivity index (χ1v) is 15.6. The van der Waals surface area contributed by atoms with Crippen molar-refractivity contribution in [2.75, 3.05) is 13.7 Å². The number of carbonyl (C=O) groups excluding carboxylic acids is 2. The number of alkyl halides is 8. The number of allylic oxidation sites excluding steroid dienone is 2. The third-order valence-electron chi connectivity index (χ3n) is 7.96. The van der Waals surface area contributed by atoms with Crippen LogP contribution in [0.4, 0.5) is 43.9 Å². The molecule has 1 aliphatic carbocycles. The summed E-state index contributed by atoms with van der Waals surface area (Å²) in [5.41, 5.74) is -4.84. The summed E-state index contributed by atoms with van der Waals surface area (Å²) in [7, 11) is 1.21. The molecule has 52 heavy (non-hydrogen) atoms. The monoisotopic (exact) mass is 747 g/mol. The summed E-state index contributed by atoms with van der Waals surface area (Å²) in [4.78, 5) is 25.3. The van der Waals surface area contributed by atoms with Crippen molar-refractivity contribution < 1.29 is 67.7 Å². The molecule has 6 nitrogen and oxygen atoms in total. The number of halogens is 10. The number of unbranched alkanes of at least 4 members (excludes halogenated alkanes) is 1. The normalized spacial score (nSPS) is 16.0. The van der Waals surface area contributed by atoms with Gasteiger partial charge in [-0.3, -0.25) is 9.59 Å². The van der Waals surface area contributed by atoms with Crippen LogP contribution in [0.2, 0.25) is 0 Å². The van der Waals surface area contributed by atoms with Gasteiger partial charge in [-0.05, 0) is 65.9 Å². The minimum atomic E-state index is -5.22. The number of nitrogens with one attached hydrogen (secondary N) is 1. The molecule has 280 valence electrons. The third-order valence-corrected chi connectivity index (χ3v) is 7.96. The van der Waals surface area contributed by atoms with E-state index in [0.717, 1.165) is 24.3 Å². The zero-order chi connectivity index (χ0) is 38.3. The van der Waals surface area contributed by atoms with E-state index in [-0.39, 0.29) is 36.8 Å². The second-order valence-electron chi connectivity index (χ2n) is 11.6. The molecule has 0 aliphatic heterocycles. The van der Waals surface area contributed by atoms with Crippen molar-refractivity contribution in [3.05, 3.63) is 124 Å². The van der Waals surface area contributed by atoms with Crippen LogP contribution in [-0.2, 0) is 32.4 Å². The predicted octanol–water partition coefficient (Wildman–Crippen LogP) is 9.00. The van der Waals surface area contributed by atoms with Gasteiger partial charge in [-0.1, -0.05) is 36.4 Å². The van der Waals surface area contributed by atoms with Crippen LogP contribution in [0.3, 0.4) is 0 Å². The van der Waals surface area contributed by atoms with Crippen LogP contribution in [0, 0.1) is 11.6 Å². The molecule has 16 heteroatoms. The van der Waals surface area contributed by atoms with Crippen LogP contribution in [0.5, 0.6) is 5.75 Å². The molecule has 1 N–H and O–H groups in total. The molecule has 3 aromatic carbocycles. The molecule has 0 spiro atoms. The van der Waals surface area contributed by atoms with Gasteiger partial charge in [0.05, 0.1) is 24.8 Å². The van der Waals surface area contributed by atoms with Gasteiger partial charge in [0.2, 0.25) is 0 Å². The number of hydrogen-bond acceptors (Lipinski definition) is 5. The summed E-state index contributed by atoms with van der Waals surface area (Å²) in [6.45, 7) is -0.106. The minimum absolute atomic E-state index is 0.0450. The molecule has 3 aromatic rings. The largest absolute Gasteiger partial charge is 0.495 e. The molecule has 1 aliphatic rings. The van der Waals surface area contributed by atoms with Crippen molar-refractivity contribution in [3.8, 4) is 5.75 Å². The first kappa shape index (κ1) is 39.8. The van der Waals surface area contributed by atoms with Gasteiger partial charge in [0.25, 0.3) is 5.91 Å². The fourth-order valence-electron chi connectivity index (χ4n) is 5.42. The van der Waals surface area contributed by atoms with Crippen molar-refractivity contribution in [2.24, 2.45) is 0 Å². The Balaban J connectivity index is 1.90. The Hall–Kier alpha value is -5.02. The molecule has 0 heterocycles. The number of methoxy groups -OCH3 is 1. The zero-order valence-electron chi connectivity index (χ0n) is 27.2. The van der Waals surface area contributed by atoms with Gasteiger partial charge in [0.15, 0.2) is 6.17 Å². The van der Waals surface area contributed by atoms with E-state index in [2.05, 4.69) is 14.8 Å². The first-order chi connectivity index (χ1) is 24.4. The first-order valence-electron chi connectivity index (χ1n) is 15.6. The standard InChI is InChI=1S/C36H31F10NO5/c1-50-31(48)9-5-6-14-51-30-18-23(11-13-29(30)39)34(20-21-7-3-2-4-8-21,24-16-25(37)19-26(17-24)52-36(45,46)33(40)41)47-32(49)22-10-12-28(38)27(15-22)35(42,43)44/h2-4,7-8,10-12,15-19,29,33H,5-6,9,13-14,20H2,1H3,(H,47,49)/t29?,34-/m1/s1. The van der Waals surface area contributed by atoms with Gasteiger partial charge >= 0.3 is 24.7 Å². The van der Waals surface area contributed by atoms with Crippen molar-refractivity contribution in [3.63, 3.8) is 0 Å². The van der Waals surface area contributed by atoms with Crippen LogP contribution in [0.15, 0.2) is 90.2 Å². The lowest BCUT2D eigenvalue weighted by molar-refractivity contribution is -0.253. The molecule has 2 atom stereocenters. The van der Waals surface area contributed by atoms with Crippen molar-refractivity contribution in [2.45, 2.75) is 62.5 Å². The molecule has 0 saturated carbocycles. The Labute approximate surface area is 291 Å². The molecule has 1 unspecified atom stereocenters. The van der Waals surface area contributed by atoms with E-state index in [1.54, 1.807) is 18.2 Å². The summed E-state index contributed by atoms with van der Waals surface area (Å²) in [5, 5.41) is 2.52. The van der Waals surface area contributed by atoms with E-state index in [0.29, 0.717) is 24.1 Å². The predicted molar refractivity (Wildman–Crippen MR) is 166 cm³/mol. The second-order valence-corrected chi connectivity index (χ2v) is 11.6. The van der Waals surface area contributed by atoms with Gasteiger partial charge in [0.1, 0.15) is 23.1 Å². The maximum Gasteiger partial charge on any atom is 0.461 e. The molecular weight excluding hydrogens is 716 g/mol. The van der Waals surface area contributed by atoms with Crippen molar-refractivity contribution >= 4 is 11.9 Å². The van der Waals surface area contributed by atoms with Crippen LogP contribution < -0.4 is 10.1 Å². The Kier molecular flexibility index (Phi) is 12.7. The number of esters is 1. The average molecular weight is 748 g/mol. The summed E-state index contributed by atoms with van der Waals surface area (Å²) in [5.74, 6) is -6.20. The van der Waals surface area contributed by atoms with E-state index >= 15 is 8.78 Å². The molecule has 0 aromatic heterocycles. The lowest BCUT2D eigenvalue weighted by Gasteiger charge is -2.39. The molecule has 4 rings (SSSR count). The number of benzene rings is 3. The van der Waals surface area contributed by atoms with Crippen LogP contribution in [0.25, 0.3) is 0 Å². The van der Waals surface area contributed by atoms with Gasteiger partial charge in [0, 0.05) is 30.9 Å². The maximum absolute atomic E-state index is 15.3. The average Bonchev–Trinajstić information content (AvgIpc) is 3.08. The van der Waals surface area contributed by atoms with Crippen LogP contribution >= 0.6 is 0 Å². The Morgan fingerprint density at radius 2 is 1.65 bits per heavy atom. The van der Waals surface area contributed by atoms with E-state index in [9.17, 15) is 44.7 Å². The number of rotatable bonds is 15. The quantitative estimate of drug-likeness (QED) is 0.0955. The molecule has 0 saturated heterocycles. The smallest absolute Gasteiger partial charge is 0.461 e. The van der Waals surface area contributed by atoms with Gasteiger partial charge < -0.3 is 19.5 Å².